The number of nitrogens with one attached hydrogen (secondary N) is 2. The van der Waals surface area contributed by atoms with Crippen LogP contribution in [0.5, 0.6) is 0 Å². The average molecular weight is 373 g/mol. The molecular formula is C21H28N2O2S. The fourth-order valence-electron chi connectivity index (χ4n) is 2.75. The summed E-state index contributed by atoms with van der Waals surface area (Å²) < 4.78 is 0. The lowest BCUT2D eigenvalue weighted by Crippen LogP contribution is -2.34. The molecule has 0 aliphatic carbocycles. The molecule has 2 aromatic rings. The van der Waals surface area contributed by atoms with E-state index in [2.05, 4.69) is 62.6 Å². The van der Waals surface area contributed by atoms with Crippen molar-refractivity contribution in [3.63, 3.8) is 0 Å². The second-order valence-electron chi connectivity index (χ2n) is 7.13. The van der Waals surface area contributed by atoms with Gasteiger partial charge in [-0.2, -0.15) is 11.3 Å². The molecule has 0 spiro atoms. The van der Waals surface area contributed by atoms with Gasteiger partial charge in [0.15, 0.2) is 0 Å². The first-order valence-electron chi connectivity index (χ1n) is 9.08. The van der Waals surface area contributed by atoms with Crippen LogP contribution in [0.25, 0.3) is 0 Å². The third-order valence-corrected chi connectivity index (χ3v) is 5.05. The fraction of sp³-hybridized carbons (Fsp3) is 0.429. The smallest absolute Gasteiger partial charge is 0.252 e. The predicted octanol–water partition coefficient (Wildman–Crippen LogP) is 4.50. The highest BCUT2D eigenvalue weighted by molar-refractivity contribution is 7.08. The van der Waals surface area contributed by atoms with Crippen LogP contribution in [0.2, 0.25) is 0 Å². The Morgan fingerprint density at radius 1 is 1.00 bits per heavy atom. The molecule has 26 heavy (non-hydrogen) atoms. The van der Waals surface area contributed by atoms with Gasteiger partial charge in [0.05, 0.1) is 6.04 Å². The van der Waals surface area contributed by atoms with Gasteiger partial charge < -0.3 is 10.6 Å². The predicted molar refractivity (Wildman–Crippen MR) is 108 cm³/mol. The summed E-state index contributed by atoms with van der Waals surface area (Å²) in [5.41, 5.74) is 3.04. The number of thiophene rings is 1. The van der Waals surface area contributed by atoms with Gasteiger partial charge in [-0.25, -0.2) is 0 Å². The summed E-state index contributed by atoms with van der Waals surface area (Å²) in [5.74, 6) is 0.582. The van der Waals surface area contributed by atoms with Crippen molar-refractivity contribution in [1.29, 1.82) is 0 Å². The summed E-state index contributed by atoms with van der Waals surface area (Å²) in [4.78, 5) is 24.2. The van der Waals surface area contributed by atoms with Gasteiger partial charge in [-0.1, -0.05) is 52.0 Å². The lowest BCUT2D eigenvalue weighted by molar-refractivity contribution is -0.122. The van der Waals surface area contributed by atoms with E-state index in [9.17, 15) is 9.59 Å². The quantitative estimate of drug-likeness (QED) is 0.716. The standard InChI is InChI=1S/C21H28N2O2S/c1-14(2)16-5-7-17(8-6-16)20(15(3)4)23-19(24)9-11-22-21(25)18-10-12-26-13-18/h5-8,10,12-15,20H,9,11H2,1-4H3,(H,22,25)(H,23,24). The lowest BCUT2D eigenvalue weighted by atomic mass is 9.93. The van der Waals surface area contributed by atoms with Crippen molar-refractivity contribution in [2.45, 2.75) is 46.1 Å². The van der Waals surface area contributed by atoms with Gasteiger partial charge in [0, 0.05) is 23.9 Å². The zero-order valence-corrected chi connectivity index (χ0v) is 16.7. The Morgan fingerprint density at radius 2 is 1.65 bits per heavy atom. The third kappa shape index (κ3) is 5.70. The minimum Gasteiger partial charge on any atom is -0.351 e. The number of amides is 2. The molecule has 0 saturated heterocycles. The zero-order valence-electron chi connectivity index (χ0n) is 15.9. The maximum absolute atomic E-state index is 12.3. The number of carbonyl (C=O) groups excluding carboxylic acids is 2. The molecule has 0 saturated carbocycles. The van der Waals surface area contributed by atoms with E-state index in [1.54, 1.807) is 11.4 Å². The van der Waals surface area contributed by atoms with E-state index in [4.69, 9.17) is 0 Å². The molecule has 0 aliphatic rings. The van der Waals surface area contributed by atoms with E-state index >= 15 is 0 Å². The second-order valence-corrected chi connectivity index (χ2v) is 7.91. The summed E-state index contributed by atoms with van der Waals surface area (Å²) in [5, 5.41) is 9.54. The van der Waals surface area contributed by atoms with Crippen molar-refractivity contribution in [3.8, 4) is 0 Å². The highest BCUT2D eigenvalue weighted by Crippen LogP contribution is 2.24. The van der Waals surface area contributed by atoms with E-state index in [0.717, 1.165) is 5.56 Å². The van der Waals surface area contributed by atoms with Crippen LogP contribution in [0.1, 0.15) is 67.6 Å². The molecule has 1 aromatic carbocycles. The topological polar surface area (TPSA) is 58.2 Å². The molecule has 4 nitrogen and oxygen atoms in total. The van der Waals surface area contributed by atoms with Crippen molar-refractivity contribution in [1.82, 2.24) is 10.6 Å². The molecule has 2 amide bonds. The van der Waals surface area contributed by atoms with Crippen molar-refractivity contribution < 1.29 is 9.59 Å². The van der Waals surface area contributed by atoms with Gasteiger partial charge in [-0.05, 0) is 34.4 Å². The van der Waals surface area contributed by atoms with Crippen molar-refractivity contribution >= 4 is 23.2 Å². The Labute approximate surface area is 160 Å². The van der Waals surface area contributed by atoms with E-state index in [1.165, 1.54) is 16.9 Å². The van der Waals surface area contributed by atoms with Crippen LogP contribution in [-0.4, -0.2) is 18.4 Å². The molecule has 2 rings (SSSR count). The fourth-order valence-corrected chi connectivity index (χ4v) is 3.39. The third-order valence-electron chi connectivity index (χ3n) is 4.37. The first kappa shape index (κ1) is 20.2. The summed E-state index contributed by atoms with van der Waals surface area (Å²) in [7, 11) is 0. The van der Waals surface area contributed by atoms with Crippen LogP contribution in [0.15, 0.2) is 41.1 Å². The Bertz CT molecular complexity index is 706. The molecule has 1 atom stereocenters. The Hall–Kier alpha value is -2.14. The summed E-state index contributed by atoms with van der Waals surface area (Å²) in [6.45, 7) is 8.86. The van der Waals surface area contributed by atoms with Gasteiger partial charge in [0.25, 0.3) is 5.91 Å². The SMILES string of the molecule is CC(C)c1ccc(C(NC(=O)CCNC(=O)c2ccsc2)C(C)C)cc1. The lowest BCUT2D eigenvalue weighted by Gasteiger charge is -2.23. The molecule has 0 aliphatic heterocycles. The monoisotopic (exact) mass is 372 g/mol. The van der Waals surface area contributed by atoms with Crippen LogP contribution < -0.4 is 10.6 Å². The van der Waals surface area contributed by atoms with Gasteiger partial charge in [0.2, 0.25) is 5.91 Å². The molecular weight excluding hydrogens is 344 g/mol. The average Bonchev–Trinajstić information content (AvgIpc) is 3.14. The summed E-state index contributed by atoms with van der Waals surface area (Å²) in [6.07, 6.45) is 0.267. The Morgan fingerprint density at radius 3 is 2.19 bits per heavy atom. The van der Waals surface area contributed by atoms with Crippen LogP contribution in [0.3, 0.4) is 0 Å². The Balaban J connectivity index is 1.88. The Kier molecular flexibility index (Phi) is 7.39. The van der Waals surface area contributed by atoms with Gasteiger partial charge in [-0.15, -0.1) is 0 Å². The van der Waals surface area contributed by atoms with Gasteiger partial charge in [-0.3, -0.25) is 9.59 Å². The normalized spacial score (nSPS) is 12.2. The first-order chi connectivity index (χ1) is 12.4. The molecule has 0 radical (unpaired) electrons. The van der Waals surface area contributed by atoms with Crippen LogP contribution in [0.4, 0.5) is 0 Å². The first-order valence-corrected chi connectivity index (χ1v) is 10.0. The minimum atomic E-state index is -0.135. The van der Waals surface area contributed by atoms with Crippen LogP contribution in [-0.2, 0) is 4.79 Å². The largest absolute Gasteiger partial charge is 0.351 e. The summed E-state index contributed by atoms with van der Waals surface area (Å²) in [6, 6.07) is 10.2. The van der Waals surface area contributed by atoms with E-state index < -0.39 is 0 Å². The zero-order chi connectivity index (χ0) is 19.1. The number of rotatable bonds is 8. The maximum Gasteiger partial charge on any atom is 0.252 e. The van der Waals surface area contributed by atoms with Crippen molar-refractivity contribution in [2.24, 2.45) is 5.92 Å². The molecule has 2 N–H and O–H groups in total. The molecule has 1 aromatic heterocycles. The second kappa shape index (κ2) is 9.53. The van der Waals surface area contributed by atoms with Crippen LogP contribution in [0, 0.1) is 5.92 Å². The highest BCUT2D eigenvalue weighted by Gasteiger charge is 2.18. The molecule has 140 valence electrons. The van der Waals surface area contributed by atoms with Crippen molar-refractivity contribution in [3.05, 3.63) is 57.8 Å². The number of hydrogen-bond donors (Lipinski definition) is 2. The maximum atomic E-state index is 12.3. The number of hydrogen-bond acceptors (Lipinski definition) is 3. The van der Waals surface area contributed by atoms with Crippen LogP contribution >= 0.6 is 11.3 Å². The van der Waals surface area contributed by atoms with E-state index in [1.807, 2.05) is 5.38 Å². The van der Waals surface area contributed by atoms with E-state index in [0.29, 0.717) is 18.0 Å². The number of carbonyl (C=O) groups is 2. The number of benzene rings is 1. The van der Waals surface area contributed by atoms with Gasteiger partial charge >= 0.3 is 0 Å². The molecule has 0 bridgehead atoms. The minimum absolute atomic E-state index is 0.0312. The molecule has 1 heterocycles. The highest BCUT2D eigenvalue weighted by atomic mass is 32.1. The van der Waals surface area contributed by atoms with Gasteiger partial charge in [0.1, 0.15) is 0 Å². The molecule has 0 fully saturated rings. The van der Waals surface area contributed by atoms with E-state index in [-0.39, 0.29) is 30.2 Å². The molecule has 5 heteroatoms. The van der Waals surface area contributed by atoms with Crippen molar-refractivity contribution in [2.75, 3.05) is 6.54 Å². The summed E-state index contributed by atoms with van der Waals surface area (Å²) >= 11 is 1.48. The molecule has 1 unspecified atom stereocenters.